The molecule has 0 spiro atoms. The normalized spacial score (nSPS) is 17.0. The van der Waals surface area contributed by atoms with Gasteiger partial charge in [0, 0.05) is 12.1 Å². The van der Waals surface area contributed by atoms with Crippen LogP contribution in [0.3, 0.4) is 0 Å². The maximum absolute atomic E-state index is 11.5. The van der Waals surface area contributed by atoms with E-state index < -0.39 is 15.6 Å². The van der Waals surface area contributed by atoms with Crippen molar-refractivity contribution in [3.8, 4) is 0 Å². The molecule has 1 atom stereocenters. The molecule has 0 heterocycles. The van der Waals surface area contributed by atoms with E-state index in [9.17, 15) is 8.42 Å². The van der Waals surface area contributed by atoms with Crippen LogP contribution in [0.5, 0.6) is 0 Å². The Morgan fingerprint density at radius 1 is 1.43 bits per heavy atom. The molecule has 0 aliphatic heterocycles. The van der Waals surface area contributed by atoms with E-state index in [0.717, 1.165) is 0 Å². The molecule has 0 aliphatic rings. The second-order valence-electron chi connectivity index (χ2n) is 4.20. The lowest BCUT2D eigenvalue weighted by Crippen LogP contribution is -2.55. The second-order valence-corrected chi connectivity index (χ2v) is 6.04. The monoisotopic (exact) mass is 222 g/mol. The Labute approximate surface area is 87.3 Å². The first kappa shape index (κ1) is 13.9. The Hall–Kier alpha value is -0.130. The topological polar surface area (TPSA) is 72.2 Å². The van der Waals surface area contributed by atoms with Crippen molar-refractivity contribution < 1.29 is 8.42 Å². The lowest BCUT2D eigenvalue weighted by molar-refractivity contribution is 0.315. The lowest BCUT2D eigenvalue weighted by atomic mass is 9.90. The van der Waals surface area contributed by atoms with Crippen LogP contribution in [0.4, 0.5) is 0 Å². The Bertz CT molecular complexity index is 262. The fourth-order valence-electron chi connectivity index (χ4n) is 1.07. The van der Waals surface area contributed by atoms with Crippen LogP contribution in [0.15, 0.2) is 0 Å². The standard InChI is InChI=1S/C9H22N2O2S/c1-5-6-14(12,13)11-9(4,7-10)8(2)3/h8,11H,5-7,10H2,1-4H3. The van der Waals surface area contributed by atoms with Gasteiger partial charge in [0.05, 0.1) is 5.75 Å². The average Bonchev–Trinajstić information content (AvgIpc) is 2.02. The van der Waals surface area contributed by atoms with Gasteiger partial charge in [-0.25, -0.2) is 13.1 Å². The Morgan fingerprint density at radius 3 is 2.21 bits per heavy atom. The fourth-order valence-corrected chi connectivity index (χ4v) is 2.74. The van der Waals surface area contributed by atoms with Gasteiger partial charge < -0.3 is 5.73 Å². The van der Waals surface area contributed by atoms with E-state index in [1.165, 1.54) is 0 Å². The SMILES string of the molecule is CCCS(=O)(=O)NC(C)(CN)C(C)C. The lowest BCUT2D eigenvalue weighted by Gasteiger charge is -2.33. The summed E-state index contributed by atoms with van der Waals surface area (Å²) >= 11 is 0. The molecule has 0 fully saturated rings. The van der Waals surface area contributed by atoms with Crippen molar-refractivity contribution in [2.75, 3.05) is 12.3 Å². The molecule has 4 nitrogen and oxygen atoms in total. The molecule has 0 saturated carbocycles. The molecule has 86 valence electrons. The zero-order valence-electron chi connectivity index (χ0n) is 9.50. The minimum atomic E-state index is -3.18. The third-order valence-electron chi connectivity index (χ3n) is 2.56. The number of sulfonamides is 1. The first-order valence-corrected chi connectivity index (χ1v) is 6.64. The Balaban J connectivity index is 4.62. The minimum absolute atomic E-state index is 0.162. The maximum atomic E-state index is 11.5. The molecule has 0 aliphatic carbocycles. The Morgan fingerprint density at radius 2 is 1.93 bits per heavy atom. The van der Waals surface area contributed by atoms with Crippen molar-refractivity contribution in [1.82, 2.24) is 4.72 Å². The molecule has 3 N–H and O–H groups in total. The second kappa shape index (κ2) is 5.09. The van der Waals surface area contributed by atoms with Gasteiger partial charge in [0.25, 0.3) is 0 Å². The summed E-state index contributed by atoms with van der Waals surface area (Å²) in [6.45, 7) is 7.91. The molecule has 0 saturated heterocycles. The summed E-state index contributed by atoms with van der Waals surface area (Å²) in [6, 6.07) is 0. The summed E-state index contributed by atoms with van der Waals surface area (Å²) in [5.74, 6) is 0.342. The van der Waals surface area contributed by atoms with Crippen molar-refractivity contribution >= 4 is 10.0 Å². The zero-order valence-corrected chi connectivity index (χ0v) is 10.3. The first-order chi connectivity index (χ1) is 6.27. The van der Waals surface area contributed by atoms with Gasteiger partial charge in [-0.1, -0.05) is 20.8 Å². The highest BCUT2D eigenvalue weighted by Gasteiger charge is 2.30. The van der Waals surface area contributed by atoms with Crippen molar-refractivity contribution in [3.05, 3.63) is 0 Å². The number of nitrogens with one attached hydrogen (secondary N) is 1. The summed E-state index contributed by atoms with van der Waals surface area (Å²) in [7, 11) is -3.18. The van der Waals surface area contributed by atoms with E-state index in [1.54, 1.807) is 0 Å². The predicted octanol–water partition coefficient (Wildman–Crippen LogP) is 0.689. The molecular formula is C9H22N2O2S. The largest absolute Gasteiger partial charge is 0.329 e. The van der Waals surface area contributed by atoms with E-state index in [2.05, 4.69) is 4.72 Å². The predicted molar refractivity (Wildman–Crippen MR) is 59.5 cm³/mol. The van der Waals surface area contributed by atoms with Gasteiger partial charge in [0.2, 0.25) is 10.0 Å². The third kappa shape index (κ3) is 3.94. The van der Waals surface area contributed by atoms with E-state index in [1.807, 2.05) is 27.7 Å². The smallest absolute Gasteiger partial charge is 0.212 e. The number of nitrogens with two attached hydrogens (primary N) is 1. The molecule has 0 aromatic carbocycles. The zero-order chi connectivity index (χ0) is 11.4. The number of hydrogen-bond donors (Lipinski definition) is 2. The van der Waals surface area contributed by atoms with E-state index in [-0.39, 0.29) is 11.7 Å². The van der Waals surface area contributed by atoms with Crippen LogP contribution in [0.1, 0.15) is 34.1 Å². The maximum Gasteiger partial charge on any atom is 0.212 e. The van der Waals surface area contributed by atoms with Crippen LogP contribution >= 0.6 is 0 Å². The minimum Gasteiger partial charge on any atom is -0.329 e. The molecule has 1 unspecified atom stereocenters. The number of hydrogen-bond acceptors (Lipinski definition) is 3. The van der Waals surface area contributed by atoms with Crippen LogP contribution in [0, 0.1) is 5.92 Å². The van der Waals surface area contributed by atoms with Crippen molar-refractivity contribution in [3.63, 3.8) is 0 Å². The molecule has 14 heavy (non-hydrogen) atoms. The number of rotatable bonds is 6. The van der Waals surface area contributed by atoms with E-state index in [4.69, 9.17) is 5.73 Å². The van der Waals surface area contributed by atoms with Crippen molar-refractivity contribution in [2.45, 2.75) is 39.7 Å². The Kier molecular flexibility index (Phi) is 5.05. The molecule has 5 heteroatoms. The third-order valence-corrected chi connectivity index (χ3v) is 4.28. The molecule has 0 amide bonds. The molecule has 0 rings (SSSR count). The van der Waals surface area contributed by atoms with Crippen LogP contribution in [-0.4, -0.2) is 26.3 Å². The van der Waals surface area contributed by atoms with Gasteiger partial charge in [-0.05, 0) is 19.3 Å². The summed E-state index contributed by atoms with van der Waals surface area (Å²) in [6.07, 6.45) is 0.619. The van der Waals surface area contributed by atoms with Gasteiger partial charge in [0.15, 0.2) is 0 Å². The van der Waals surface area contributed by atoms with Crippen molar-refractivity contribution in [2.24, 2.45) is 11.7 Å². The van der Waals surface area contributed by atoms with Gasteiger partial charge in [-0.3, -0.25) is 0 Å². The summed E-state index contributed by atoms with van der Waals surface area (Å²) < 4.78 is 25.8. The molecule has 0 bridgehead atoms. The fraction of sp³-hybridized carbons (Fsp3) is 1.00. The highest BCUT2D eigenvalue weighted by atomic mass is 32.2. The van der Waals surface area contributed by atoms with Crippen LogP contribution in [-0.2, 0) is 10.0 Å². The van der Waals surface area contributed by atoms with Gasteiger partial charge >= 0.3 is 0 Å². The van der Waals surface area contributed by atoms with Gasteiger partial charge in [0.1, 0.15) is 0 Å². The quantitative estimate of drug-likeness (QED) is 0.694. The highest BCUT2D eigenvalue weighted by Crippen LogP contribution is 2.16. The van der Waals surface area contributed by atoms with Crippen molar-refractivity contribution in [1.29, 1.82) is 0 Å². The van der Waals surface area contributed by atoms with Gasteiger partial charge in [-0.2, -0.15) is 0 Å². The van der Waals surface area contributed by atoms with Crippen LogP contribution < -0.4 is 10.5 Å². The van der Waals surface area contributed by atoms with Crippen LogP contribution in [0.2, 0.25) is 0 Å². The average molecular weight is 222 g/mol. The summed E-state index contributed by atoms with van der Waals surface area (Å²) in [5.41, 5.74) is 5.05. The first-order valence-electron chi connectivity index (χ1n) is 4.99. The van der Waals surface area contributed by atoms with Gasteiger partial charge in [-0.15, -0.1) is 0 Å². The highest BCUT2D eigenvalue weighted by molar-refractivity contribution is 7.89. The molecule has 0 aromatic heterocycles. The molecule has 0 aromatic rings. The molecule has 0 radical (unpaired) electrons. The van der Waals surface area contributed by atoms with Crippen LogP contribution in [0.25, 0.3) is 0 Å². The summed E-state index contributed by atoms with van der Waals surface area (Å²) in [4.78, 5) is 0. The molecular weight excluding hydrogens is 200 g/mol. The van der Waals surface area contributed by atoms with E-state index >= 15 is 0 Å². The summed E-state index contributed by atoms with van der Waals surface area (Å²) in [5, 5.41) is 0. The van der Waals surface area contributed by atoms with E-state index in [0.29, 0.717) is 13.0 Å².